The average Bonchev–Trinajstić information content (AvgIpc) is 2.14. The zero-order chi connectivity index (χ0) is 8.65. The predicted octanol–water partition coefficient (Wildman–Crippen LogP) is 1.75. The van der Waals surface area contributed by atoms with Gasteiger partial charge in [-0.05, 0) is 43.5 Å². The third-order valence-electron chi connectivity index (χ3n) is 1.92. The average molecular weight is 164 g/mol. The molecule has 2 nitrogen and oxygen atoms in total. The second kappa shape index (κ2) is 5.72. The van der Waals surface area contributed by atoms with Gasteiger partial charge in [0.1, 0.15) is 0 Å². The quantitative estimate of drug-likeness (QED) is 0.673. The molecule has 0 unspecified atom stereocenters. The van der Waals surface area contributed by atoms with Crippen LogP contribution in [0.25, 0.3) is 0 Å². The Morgan fingerprint density at radius 2 is 1.83 bits per heavy atom. The molecule has 0 saturated carbocycles. The van der Waals surface area contributed by atoms with Crippen molar-refractivity contribution in [3.05, 3.63) is 30.1 Å². The molecule has 0 aliphatic carbocycles. The Balaban J connectivity index is 2.16. The van der Waals surface area contributed by atoms with Gasteiger partial charge < -0.3 is 5.73 Å². The second-order valence-corrected chi connectivity index (χ2v) is 2.95. The van der Waals surface area contributed by atoms with Crippen molar-refractivity contribution in [2.24, 2.45) is 5.73 Å². The van der Waals surface area contributed by atoms with Crippen LogP contribution in [0.15, 0.2) is 24.5 Å². The fourth-order valence-corrected chi connectivity index (χ4v) is 1.20. The van der Waals surface area contributed by atoms with Gasteiger partial charge in [-0.2, -0.15) is 0 Å². The molecule has 12 heavy (non-hydrogen) atoms. The molecule has 0 saturated heterocycles. The molecule has 0 aliphatic heterocycles. The van der Waals surface area contributed by atoms with Crippen LogP contribution in [-0.4, -0.2) is 11.5 Å². The number of hydrogen-bond donors (Lipinski definition) is 1. The number of hydrogen-bond acceptors (Lipinski definition) is 2. The summed E-state index contributed by atoms with van der Waals surface area (Å²) in [5, 5.41) is 0. The van der Waals surface area contributed by atoms with Crippen molar-refractivity contribution in [2.75, 3.05) is 6.54 Å². The first kappa shape index (κ1) is 9.20. The van der Waals surface area contributed by atoms with E-state index in [0.717, 1.165) is 19.4 Å². The fourth-order valence-electron chi connectivity index (χ4n) is 1.20. The van der Waals surface area contributed by atoms with Crippen molar-refractivity contribution in [1.29, 1.82) is 0 Å². The van der Waals surface area contributed by atoms with Gasteiger partial charge in [0.05, 0.1) is 0 Å². The SMILES string of the molecule is NCCCCCc1ccncc1. The summed E-state index contributed by atoms with van der Waals surface area (Å²) in [6, 6.07) is 4.14. The number of aryl methyl sites for hydroxylation is 1. The molecule has 0 amide bonds. The van der Waals surface area contributed by atoms with Crippen molar-refractivity contribution in [3.8, 4) is 0 Å². The molecule has 1 aromatic rings. The largest absolute Gasteiger partial charge is 0.330 e. The fraction of sp³-hybridized carbons (Fsp3) is 0.500. The number of rotatable bonds is 5. The Hall–Kier alpha value is -0.890. The number of aromatic nitrogens is 1. The molecular weight excluding hydrogens is 148 g/mol. The lowest BCUT2D eigenvalue weighted by molar-refractivity contribution is 0.686. The van der Waals surface area contributed by atoms with Gasteiger partial charge in [0, 0.05) is 12.4 Å². The van der Waals surface area contributed by atoms with E-state index < -0.39 is 0 Å². The van der Waals surface area contributed by atoms with E-state index in [1.54, 1.807) is 0 Å². The summed E-state index contributed by atoms with van der Waals surface area (Å²) in [6.45, 7) is 0.816. The maximum absolute atomic E-state index is 5.40. The zero-order valence-corrected chi connectivity index (χ0v) is 7.37. The molecule has 1 rings (SSSR count). The van der Waals surface area contributed by atoms with Crippen LogP contribution < -0.4 is 5.73 Å². The Bertz CT molecular complexity index is 196. The summed E-state index contributed by atoms with van der Waals surface area (Å²) in [5.41, 5.74) is 6.77. The molecule has 0 fully saturated rings. The van der Waals surface area contributed by atoms with Crippen LogP contribution in [0.1, 0.15) is 24.8 Å². The third-order valence-corrected chi connectivity index (χ3v) is 1.92. The van der Waals surface area contributed by atoms with Crippen LogP contribution in [0.5, 0.6) is 0 Å². The van der Waals surface area contributed by atoms with Crippen LogP contribution >= 0.6 is 0 Å². The van der Waals surface area contributed by atoms with Crippen molar-refractivity contribution in [3.63, 3.8) is 0 Å². The van der Waals surface area contributed by atoms with E-state index in [1.807, 2.05) is 12.4 Å². The van der Waals surface area contributed by atoms with Gasteiger partial charge in [-0.15, -0.1) is 0 Å². The zero-order valence-electron chi connectivity index (χ0n) is 7.37. The third kappa shape index (κ3) is 3.49. The van der Waals surface area contributed by atoms with Gasteiger partial charge in [0.2, 0.25) is 0 Å². The van der Waals surface area contributed by atoms with Crippen molar-refractivity contribution < 1.29 is 0 Å². The highest BCUT2D eigenvalue weighted by atomic mass is 14.6. The van der Waals surface area contributed by atoms with Gasteiger partial charge in [-0.25, -0.2) is 0 Å². The monoisotopic (exact) mass is 164 g/mol. The van der Waals surface area contributed by atoms with Crippen LogP contribution in [0.3, 0.4) is 0 Å². The first-order chi connectivity index (χ1) is 5.93. The molecule has 2 heteroatoms. The van der Waals surface area contributed by atoms with E-state index in [9.17, 15) is 0 Å². The molecule has 0 bridgehead atoms. The standard InChI is InChI=1S/C10H16N2/c11-7-3-1-2-4-10-5-8-12-9-6-10/h5-6,8-9H,1-4,7,11H2. The van der Waals surface area contributed by atoms with Crippen molar-refractivity contribution in [2.45, 2.75) is 25.7 Å². The number of pyridine rings is 1. The minimum atomic E-state index is 0.816. The Morgan fingerprint density at radius 1 is 1.08 bits per heavy atom. The van der Waals surface area contributed by atoms with Crippen LogP contribution in [-0.2, 0) is 6.42 Å². The van der Waals surface area contributed by atoms with Crippen LogP contribution in [0.4, 0.5) is 0 Å². The maximum atomic E-state index is 5.40. The molecule has 66 valence electrons. The van der Waals surface area contributed by atoms with Crippen LogP contribution in [0, 0.1) is 0 Å². The smallest absolute Gasteiger partial charge is 0.0270 e. The maximum Gasteiger partial charge on any atom is 0.0270 e. The highest BCUT2D eigenvalue weighted by Gasteiger charge is 1.91. The van der Waals surface area contributed by atoms with E-state index in [4.69, 9.17) is 5.73 Å². The molecule has 0 aromatic carbocycles. The van der Waals surface area contributed by atoms with Crippen molar-refractivity contribution >= 4 is 0 Å². The summed E-state index contributed by atoms with van der Waals surface area (Å²) >= 11 is 0. The van der Waals surface area contributed by atoms with E-state index in [0.29, 0.717) is 0 Å². The summed E-state index contributed by atoms with van der Waals surface area (Å²) in [5.74, 6) is 0. The van der Waals surface area contributed by atoms with Gasteiger partial charge in [-0.1, -0.05) is 6.42 Å². The van der Waals surface area contributed by atoms with Gasteiger partial charge in [0.25, 0.3) is 0 Å². The van der Waals surface area contributed by atoms with E-state index in [-0.39, 0.29) is 0 Å². The first-order valence-electron chi connectivity index (χ1n) is 4.52. The van der Waals surface area contributed by atoms with Gasteiger partial charge in [0.15, 0.2) is 0 Å². The highest BCUT2D eigenvalue weighted by molar-refractivity contribution is 5.09. The Labute approximate surface area is 73.8 Å². The second-order valence-electron chi connectivity index (χ2n) is 2.95. The van der Waals surface area contributed by atoms with E-state index in [1.165, 1.54) is 18.4 Å². The summed E-state index contributed by atoms with van der Waals surface area (Å²) < 4.78 is 0. The Morgan fingerprint density at radius 3 is 2.50 bits per heavy atom. The Kier molecular flexibility index (Phi) is 4.39. The molecule has 1 heterocycles. The van der Waals surface area contributed by atoms with Crippen molar-refractivity contribution in [1.82, 2.24) is 4.98 Å². The molecular formula is C10H16N2. The summed E-state index contributed by atoms with van der Waals surface area (Å²) in [6.07, 6.45) is 8.46. The summed E-state index contributed by atoms with van der Waals surface area (Å²) in [7, 11) is 0. The highest BCUT2D eigenvalue weighted by Crippen LogP contribution is 2.04. The lowest BCUT2D eigenvalue weighted by Crippen LogP contribution is -1.98. The molecule has 0 atom stereocenters. The van der Waals surface area contributed by atoms with E-state index >= 15 is 0 Å². The predicted molar refractivity (Wildman–Crippen MR) is 50.8 cm³/mol. The molecule has 1 aromatic heterocycles. The molecule has 0 aliphatic rings. The number of nitrogens with zero attached hydrogens (tertiary/aromatic N) is 1. The van der Waals surface area contributed by atoms with Gasteiger partial charge in [-0.3, -0.25) is 4.98 Å². The van der Waals surface area contributed by atoms with Gasteiger partial charge >= 0.3 is 0 Å². The van der Waals surface area contributed by atoms with Crippen LogP contribution in [0.2, 0.25) is 0 Å². The number of unbranched alkanes of at least 4 members (excludes halogenated alkanes) is 2. The lowest BCUT2D eigenvalue weighted by atomic mass is 10.1. The first-order valence-corrected chi connectivity index (χ1v) is 4.52. The minimum absolute atomic E-state index is 0.816. The lowest BCUT2D eigenvalue weighted by Gasteiger charge is -1.99. The minimum Gasteiger partial charge on any atom is -0.330 e. The molecule has 2 N–H and O–H groups in total. The number of nitrogens with two attached hydrogens (primary N) is 1. The summed E-state index contributed by atoms with van der Waals surface area (Å²) in [4.78, 5) is 3.97. The van der Waals surface area contributed by atoms with E-state index in [2.05, 4.69) is 17.1 Å². The molecule has 0 radical (unpaired) electrons. The molecule has 0 spiro atoms. The topological polar surface area (TPSA) is 38.9 Å². The normalized spacial score (nSPS) is 10.1.